The summed E-state index contributed by atoms with van der Waals surface area (Å²) < 4.78 is 5.48. The summed E-state index contributed by atoms with van der Waals surface area (Å²) in [7, 11) is 0. The first-order valence-corrected chi connectivity index (χ1v) is 8.77. The maximum atomic E-state index is 11.2. The molecule has 5 fully saturated rings. The lowest BCUT2D eigenvalue weighted by Gasteiger charge is -2.59. The van der Waals surface area contributed by atoms with E-state index in [-0.39, 0.29) is 11.5 Å². The van der Waals surface area contributed by atoms with Crippen LogP contribution in [-0.2, 0) is 4.74 Å². The van der Waals surface area contributed by atoms with Gasteiger partial charge in [0.1, 0.15) is 25.2 Å². The van der Waals surface area contributed by atoms with Gasteiger partial charge in [-0.25, -0.2) is 0 Å². The molecule has 2 N–H and O–H groups in total. The van der Waals surface area contributed by atoms with E-state index in [1.54, 1.807) is 4.90 Å². The van der Waals surface area contributed by atoms with Crippen molar-refractivity contribution in [1.29, 1.82) is 0 Å². The van der Waals surface area contributed by atoms with Gasteiger partial charge in [-0.15, -0.1) is 0 Å². The van der Waals surface area contributed by atoms with E-state index >= 15 is 0 Å². The predicted molar refractivity (Wildman–Crippen MR) is 77.6 cm³/mol. The molecule has 5 rings (SSSR count). The minimum absolute atomic E-state index is 0.0935. The first-order chi connectivity index (χ1) is 9.66. The van der Waals surface area contributed by atoms with E-state index in [4.69, 9.17) is 4.74 Å². The second-order valence-electron chi connectivity index (χ2n) is 8.28. The number of hydrogen-bond acceptors (Lipinski definition) is 2. The Morgan fingerprint density at radius 2 is 1.50 bits per heavy atom. The van der Waals surface area contributed by atoms with E-state index in [2.05, 4.69) is 6.92 Å². The zero-order chi connectivity index (χ0) is 13.7. The summed E-state index contributed by atoms with van der Waals surface area (Å²) in [5, 5.41) is 11.2. The molecule has 5 aliphatic rings. The van der Waals surface area contributed by atoms with Crippen LogP contribution in [0.5, 0.6) is 0 Å². The van der Waals surface area contributed by atoms with Crippen LogP contribution >= 0.6 is 0 Å². The molecule has 0 aromatic rings. The summed E-state index contributed by atoms with van der Waals surface area (Å²) in [6.45, 7) is 6.17. The van der Waals surface area contributed by atoms with Crippen LogP contribution in [0, 0.1) is 23.2 Å². The van der Waals surface area contributed by atoms with Gasteiger partial charge < -0.3 is 14.7 Å². The van der Waals surface area contributed by atoms with Crippen molar-refractivity contribution >= 4 is 0 Å². The molecule has 3 nitrogen and oxygen atoms in total. The molecule has 4 bridgehead atoms. The molecule has 4 saturated carbocycles. The molecule has 2 atom stereocenters. The van der Waals surface area contributed by atoms with Crippen LogP contribution in [0.2, 0.25) is 0 Å². The predicted octanol–water partition coefficient (Wildman–Crippen LogP) is 0.867. The Morgan fingerprint density at radius 1 is 1.00 bits per heavy atom. The van der Waals surface area contributed by atoms with Crippen LogP contribution < -0.4 is 4.90 Å². The highest BCUT2D eigenvalue weighted by molar-refractivity contribution is 5.05. The lowest BCUT2D eigenvalue weighted by atomic mass is 9.47. The molecule has 4 aliphatic carbocycles. The van der Waals surface area contributed by atoms with Gasteiger partial charge in [0.05, 0.1) is 13.2 Å². The zero-order valence-corrected chi connectivity index (χ0v) is 12.8. The van der Waals surface area contributed by atoms with E-state index in [1.165, 1.54) is 38.5 Å². The van der Waals surface area contributed by atoms with Crippen molar-refractivity contribution in [3.05, 3.63) is 0 Å². The van der Waals surface area contributed by atoms with E-state index in [0.29, 0.717) is 6.04 Å². The minimum Gasteiger partial charge on any atom is -0.386 e. The second kappa shape index (κ2) is 4.96. The molecule has 0 unspecified atom stereocenters. The fourth-order valence-electron chi connectivity index (χ4n) is 6.38. The number of morpholine rings is 1. The van der Waals surface area contributed by atoms with Crippen LogP contribution in [0.4, 0.5) is 0 Å². The average Bonchev–Trinajstić information content (AvgIpc) is 2.45. The Kier molecular flexibility index (Phi) is 3.36. The SMILES string of the molecule is C[C@@H]([C@@H](O)C12CC3CC(CC(C3)C1)C2)[NH+]1CCOCC1. The first kappa shape index (κ1) is 13.5. The Morgan fingerprint density at radius 3 is 2.00 bits per heavy atom. The van der Waals surface area contributed by atoms with E-state index in [0.717, 1.165) is 44.1 Å². The largest absolute Gasteiger partial charge is 0.386 e. The fourth-order valence-corrected chi connectivity index (χ4v) is 6.38. The minimum atomic E-state index is -0.0935. The smallest absolute Gasteiger partial charge is 0.112 e. The van der Waals surface area contributed by atoms with Crippen molar-refractivity contribution in [3.8, 4) is 0 Å². The molecular formula is C17H30NO2+. The van der Waals surface area contributed by atoms with Gasteiger partial charge in [0.25, 0.3) is 0 Å². The highest BCUT2D eigenvalue weighted by Crippen LogP contribution is 2.61. The van der Waals surface area contributed by atoms with Gasteiger partial charge in [-0.3, -0.25) is 0 Å². The van der Waals surface area contributed by atoms with E-state index in [9.17, 15) is 5.11 Å². The Balaban J connectivity index is 1.51. The molecular weight excluding hydrogens is 250 g/mol. The van der Waals surface area contributed by atoms with Crippen LogP contribution in [-0.4, -0.2) is 43.6 Å². The topological polar surface area (TPSA) is 33.9 Å². The molecule has 0 amide bonds. The lowest BCUT2D eigenvalue weighted by molar-refractivity contribution is -0.935. The van der Waals surface area contributed by atoms with Crippen molar-refractivity contribution in [3.63, 3.8) is 0 Å². The van der Waals surface area contributed by atoms with Gasteiger partial charge in [-0.05, 0) is 63.2 Å². The number of ether oxygens (including phenoxy) is 1. The van der Waals surface area contributed by atoms with Gasteiger partial charge in [-0.1, -0.05) is 0 Å². The van der Waals surface area contributed by atoms with Crippen LogP contribution in [0.1, 0.15) is 45.4 Å². The third-order valence-corrected chi connectivity index (χ3v) is 6.97. The Hall–Kier alpha value is -0.120. The highest BCUT2D eigenvalue weighted by atomic mass is 16.5. The summed E-state index contributed by atoms with van der Waals surface area (Å²) >= 11 is 0. The molecule has 0 radical (unpaired) electrons. The van der Waals surface area contributed by atoms with Gasteiger partial charge in [0, 0.05) is 5.41 Å². The van der Waals surface area contributed by atoms with Crippen molar-refractivity contribution in [2.45, 2.75) is 57.6 Å². The summed E-state index contributed by atoms with van der Waals surface area (Å²) in [6, 6.07) is 0.384. The van der Waals surface area contributed by atoms with Crippen LogP contribution in [0.3, 0.4) is 0 Å². The number of aliphatic hydroxyl groups is 1. The average molecular weight is 280 g/mol. The first-order valence-electron chi connectivity index (χ1n) is 8.77. The molecule has 1 aliphatic heterocycles. The fraction of sp³-hybridized carbons (Fsp3) is 1.00. The van der Waals surface area contributed by atoms with Crippen LogP contribution in [0.15, 0.2) is 0 Å². The number of quaternary nitrogens is 1. The summed E-state index contributed by atoms with van der Waals surface area (Å²) in [4.78, 5) is 1.57. The molecule has 0 spiro atoms. The standard InChI is InChI=1S/C17H29NO2/c1-12(18-2-4-20-5-3-18)16(19)17-9-13-6-14(10-17)8-15(7-13)11-17/h12-16,19H,2-11H2,1H3/p+1/t12-,13?,14?,15?,16+,17?/m0/s1. The van der Waals surface area contributed by atoms with Gasteiger partial charge >= 0.3 is 0 Å². The normalized spacial score (nSPS) is 47.4. The molecule has 0 aromatic carbocycles. The zero-order valence-electron chi connectivity index (χ0n) is 12.8. The third-order valence-electron chi connectivity index (χ3n) is 6.97. The van der Waals surface area contributed by atoms with Crippen molar-refractivity contribution in [2.75, 3.05) is 26.3 Å². The summed E-state index contributed by atoms with van der Waals surface area (Å²) in [5.41, 5.74) is 0.277. The number of aliphatic hydroxyl groups excluding tert-OH is 1. The highest BCUT2D eigenvalue weighted by Gasteiger charge is 2.56. The Labute approximate surface area is 122 Å². The molecule has 1 heterocycles. The maximum absolute atomic E-state index is 11.2. The molecule has 20 heavy (non-hydrogen) atoms. The second-order valence-corrected chi connectivity index (χ2v) is 8.28. The molecule has 114 valence electrons. The van der Waals surface area contributed by atoms with Crippen molar-refractivity contribution in [1.82, 2.24) is 0 Å². The molecule has 0 aromatic heterocycles. The van der Waals surface area contributed by atoms with Gasteiger partial charge in [0.15, 0.2) is 0 Å². The van der Waals surface area contributed by atoms with E-state index < -0.39 is 0 Å². The number of nitrogens with one attached hydrogen (secondary N) is 1. The van der Waals surface area contributed by atoms with Gasteiger partial charge in [0.2, 0.25) is 0 Å². The lowest BCUT2D eigenvalue weighted by Crippen LogP contribution is -3.18. The van der Waals surface area contributed by atoms with Crippen LogP contribution in [0.25, 0.3) is 0 Å². The quantitative estimate of drug-likeness (QED) is 0.804. The van der Waals surface area contributed by atoms with Crippen molar-refractivity contribution < 1.29 is 14.7 Å². The third kappa shape index (κ3) is 2.13. The van der Waals surface area contributed by atoms with Gasteiger partial charge in [-0.2, -0.15) is 0 Å². The summed E-state index contributed by atoms with van der Waals surface area (Å²) in [5.74, 6) is 2.80. The monoisotopic (exact) mass is 280 g/mol. The molecule has 1 saturated heterocycles. The molecule has 3 heteroatoms. The summed E-state index contributed by atoms with van der Waals surface area (Å²) in [6.07, 6.45) is 8.24. The van der Waals surface area contributed by atoms with Crippen molar-refractivity contribution in [2.24, 2.45) is 23.2 Å². The Bertz CT molecular complexity index is 329. The maximum Gasteiger partial charge on any atom is 0.112 e. The number of hydrogen-bond donors (Lipinski definition) is 2. The number of rotatable bonds is 3. The van der Waals surface area contributed by atoms with E-state index in [1.807, 2.05) is 0 Å².